The predicted octanol–water partition coefficient (Wildman–Crippen LogP) is 0.560. The predicted molar refractivity (Wildman–Crippen MR) is 107 cm³/mol. The van der Waals surface area contributed by atoms with Crippen molar-refractivity contribution in [2.75, 3.05) is 32.9 Å². The van der Waals surface area contributed by atoms with E-state index >= 15 is 0 Å². The summed E-state index contributed by atoms with van der Waals surface area (Å²) in [4.78, 5) is 12.2. The van der Waals surface area contributed by atoms with E-state index in [1.165, 1.54) is 0 Å². The number of nitrogens with one attached hydrogen (secondary N) is 3. The van der Waals surface area contributed by atoms with Gasteiger partial charge in [-0.15, -0.1) is 12.4 Å². The van der Waals surface area contributed by atoms with Crippen molar-refractivity contribution in [2.24, 2.45) is 0 Å². The fraction of sp³-hybridized carbons (Fsp3) is 0.611. The fourth-order valence-corrected chi connectivity index (χ4v) is 4.19. The largest absolute Gasteiger partial charge is 0.378 e. The van der Waals surface area contributed by atoms with E-state index in [1.807, 2.05) is 0 Å². The van der Waals surface area contributed by atoms with Gasteiger partial charge in [0.25, 0.3) is 0 Å². The van der Waals surface area contributed by atoms with Crippen LogP contribution >= 0.6 is 12.4 Å². The number of carbonyl (C=O) groups is 1. The van der Waals surface area contributed by atoms with Crippen LogP contribution in [0.4, 0.5) is 0 Å². The minimum absolute atomic E-state index is 0. The van der Waals surface area contributed by atoms with Gasteiger partial charge in [-0.25, -0.2) is 13.1 Å². The molecule has 3 rings (SSSR count). The van der Waals surface area contributed by atoms with Gasteiger partial charge in [-0.1, -0.05) is 12.1 Å². The summed E-state index contributed by atoms with van der Waals surface area (Å²) in [6, 6.07) is 6.57. The van der Waals surface area contributed by atoms with Crippen molar-refractivity contribution >= 4 is 28.3 Å². The summed E-state index contributed by atoms with van der Waals surface area (Å²) < 4.78 is 38.0. The Morgan fingerprint density at radius 3 is 2.64 bits per heavy atom. The second kappa shape index (κ2) is 11.1. The van der Waals surface area contributed by atoms with E-state index in [0.29, 0.717) is 39.3 Å². The molecule has 1 aromatic carbocycles. The molecule has 0 spiro atoms. The summed E-state index contributed by atoms with van der Waals surface area (Å²) in [5, 5.41) is 6.09. The molecule has 0 bridgehead atoms. The monoisotopic (exact) mass is 433 g/mol. The number of rotatable bonds is 8. The SMILES string of the molecule is Cl.O=C(CC1COCCN1)NCc1ccc(S(=O)(=O)NCC2CCCO2)cc1. The quantitative estimate of drug-likeness (QED) is 0.553. The molecule has 1 amide bonds. The third kappa shape index (κ3) is 6.98. The molecule has 1 aromatic rings. The molecule has 2 saturated heterocycles. The molecule has 2 fully saturated rings. The van der Waals surface area contributed by atoms with Crippen molar-refractivity contribution in [3.05, 3.63) is 29.8 Å². The number of amides is 1. The Kier molecular flexibility index (Phi) is 9.13. The molecule has 2 aliphatic rings. The molecule has 0 saturated carbocycles. The maximum atomic E-state index is 12.3. The van der Waals surface area contributed by atoms with Crippen LogP contribution < -0.4 is 15.4 Å². The van der Waals surface area contributed by atoms with Gasteiger partial charge in [0.05, 0.1) is 24.2 Å². The van der Waals surface area contributed by atoms with Gasteiger partial charge in [-0.2, -0.15) is 0 Å². The molecule has 2 atom stereocenters. The minimum Gasteiger partial charge on any atom is -0.378 e. The standard InChI is InChI=1S/C18H27N3O5S.ClH/c22-18(10-15-13-25-9-7-19-15)20-11-14-3-5-17(6-4-14)27(23,24)21-12-16-2-1-8-26-16;/h3-6,15-16,19,21H,1-2,7-13H2,(H,20,22);1H. The smallest absolute Gasteiger partial charge is 0.240 e. The lowest BCUT2D eigenvalue weighted by atomic mass is 10.2. The van der Waals surface area contributed by atoms with Gasteiger partial charge in [0.1, 0.15) is 0 Å². The third-order valence-electron chi connectivity index (χ3n) is 4.68. The normalized spacial score (nSPS) is 22.4. The van der Waals surface area contributed by atoms with E-state index in [2.05, 4.69) is 15.4 Å². The molecule has 158 valence electrons. The van der Waals surface area contributed by atoms with Crippen LogP contribution in [0.5, 0.6) is 0 Å². The van der Waals surface area contributed by atoms with E-state index in [4.69, 9.17) is 9.47 Å². The number of hydrogen-bond acceptors (Lipinski definition) is 6. The van der Waals surface area contributed by atoms with Gasteiger partial charge in [-0.05, 0) is 30.5 Å². The molecule has 10 heteroatoms. The van der Waals surface area contributed by atoms with Crippen molar-refractivity contribution in [3.8, 4) is 0 Å². The van der Waals surface area contributed by atoms with Crippen LogP contribution in [-0.4, -0.2) is 59.4 Å². The van der Waals surface area contributed by atoms with E-state index in [-0.39, 0.29) is 35.4 Å². The maximum absolute atomic E-state index is 12.3. The van der Waals surface area contributed by atoms with Gasteiger partial charge in [-0.3, -0.25) is 4.79 Å². The van der Waals surface area contributed by atoms with E-state index < -0.39 is 10.0 Å². The molecule has 2 unspecified atom stereocenters. The second-order valence-electron chi connectivity index (χ2n) is 6.84. The van der Waals surface area contributed by atoms with Crippen LogP contribution in [-0.2, 0) is 30.8 Å². The Balaban J connectivity index is 0.00000280. The van der Waals surface area contributed by atoms with E-state index in [1.54, 1.807) is 24.3 Å². The first-order valence-electron chi connectivity index (χ1n) is 9.31. The number of hydrogen-bond donors (Lipinski definition) is 3. The Morgan fingerprint density at radius 1 is 1.21 bits per heavy atom. The van der Waals surface area contributed by atoms with Crippen LogP contribution in [0.1, 0.15) is 24.8 Å². The second-order valence-corrected chi connectivity index (χ2v) is 8.60. The molecule has 28 heavy (non-hydrogen) atoms. The van der Waals surface area contributed by atoms with Gasteiger partial charge >= 0.3 is 0 Å². The summed E-state index contributed by atoms with van der Waals surface area (Å²) in [5.41, 5.74) is 0.842. The molecular weight excluding hydrogens is 406 g/mol. The number of halogens is 1. The van der Waals surface area contributed by atoms with Crippen LogP contribution in [0.2, 0.25) is 0 Å². The van der Waals surface area contributed by atoms with Gasteiger partial charge in [0, 0.05) is 38.7 Å². The third-order valence-corrected chi connectivity index (χ3v) is 6.12. The number of benzene rings is 1. The molecular formula is C18H28ClN3O5S. The van der Waals surface area contributed by atoms with E-state index in [9.17, 15) is 13.2 Å². The van der Waals surface area contributed by atoms with Crippen LogP contribution in [0, 0.1) is 0 Å². The number of morpholine rings is 1. The average molecular weight is 434 g/mol. The molecule has 2 aliphatic heterocycles. The lowest BCUT2D eigenvalue weighted by Crippen LogP contribution is -2.44. The van der Waals surface area contributed by atoms with Crippen LogP contribution in [0.25, 0.3) is 0 Å². The van der Waals surface area contributed by atoms with Crippen molar-refractivity contribution < 1.29 is 22.7 Å². The first kappa shape index (κ1) is 23.1. The molecule has 2 heterocycles. The van der Waals surface area contributed by atoms with Crippen LogP contribution in [0.15, 0.2) is 29.2 Å². The molecule has 0 aromatic heterocycles. The lowest BCUT2D eigenvalue weighted by molar-refractivity contribution is -0.122. The van der Waals surface area contributed by atoms with E-state index in [0.717, 1.165) is 24.9 Å². The number of ether oxygens (including phenoxy) is 2. The lowest BCUT2D eigenvalue weighted by Gasteiger charge is -2.23. The molecule has 0 radical (unpaired) electrons. The zero-order valence-electron chi connectivity index (χ0n) is 15.7. The highest BCUT2D eigenvalue weighted by Gasteiger charge is 2.20. The Morgan fingerprint density at radius 2 is 2.00 bits per heavy atom. The zero-order chi connectivity index (χ0) is 19.1. The Labute approximate surface area is 172 Å². The summed E-state index contributed by atoms with van der Waals surface area (Å²) in [6.45, 7) is 3.31. The molecule has 3 N–H and O–H groups in total. The first-order chi connectivity index (χ1) is 13.0. The average Bonchev–Trinajstić information content (AvgIpc) is 3.20. The van der Waals surface area contributed by atoms with Crippen molar-refractivity contribution in [3.63, 3.8) is 0 Å². The van der Waals surface area contributed by atoms with Gasteiger partial charge < -0.3 is 20.1 Å². The summed E-state index contributed by atoms with van der Waals surface area (Å²) in [6.07, 6.45) is 2.17. The highest BCUT2D eigenvalue weighted by atomic mass is 35.5. The Bertz CT molecular complexity index is 717. The zero-order valence-corrected chi connectivity index (χ0v) is 17.3. The van der Waals surface area contributed by atoms with Crippen molar-refractivity contribution in [1.82, 2.24) is 15.4 Å². The topological polar surface area (TPSA) is 106 Å². The maximum Gasteiger partial charge on any atom is 0.240 e. The fourth-order valence-electron chi connectivity index (χ4n) is 3.13. The van der Waals surface area contributed by atoms with Crippen molar-refractivity contribution in [1.29, 1.82) is 0 Å². The van der Waals surface area contributed by atoms with Gasteiger partial charge in [0.2, 0.25) is 15.9 Å². The first-order valence-corrected chi connectivity index (χ1v) is 10.8. The molecule has 0 aliphatic carbocycles. The Hall–Kier alpha value is -1.23. The molecule has 8 nitrogen and oxygen atoms in total. The highest BCUT2D eigenvalue weighted by molar-refractivity contribution is 7.89. The van der Waals surface area contributed by atoms with Gasteiger partial charge in [0.15, 0.2) is 0 Å². The summed E-state index contributed by atoms with van der Waals surface area (Å²) in [7, 11) is -3.55. The van der Waals surface area contributed by atoms with Crippen LogP contribution in [0.3, 0.4) is 0 Å². The summed E-state index contributed by atoms with van der Waals surface area (Å²) in [5.74, 6) is -0.0621. The summed E-state index contributed by atoms with van der Waals surface area (Å²) >= 11 is 0. The minimum atomic E-state index is -3.55. The highest BCUT2D eigenvalue weighted by Crippen LogP contribution is 2.14. The van der Waals surface area contributed by atoms with Crippen molar-refractivity contribution in [2.45, 2.75) is 42.8 Å². The number of sulfonamides is 1. The number of carbonyl (C=O) groups excluding carboxylic acids is 1.